The fourth-order valence-electron chi connectivity index (χ4n) is 2.55. The molecule has 3 rings (SSSR count). The minimum absolute atomic E-state index is 0.0493. The first-order valence-corrected chi connectivity index (χ1v) is 7.90. The number of thiazole rings is 1. The Bertz CT molecular complexity index is 656. The van der Waals surface area contributed by atoms with Gasteiger partial charge in [-0.1, -0.05) is 0 Å². The number of carbonyl (C=O) groups excluding carboxylic acids is 1. The summed E-state index contributed by atoms with van der Waals surface area (Å²) < 4.78 is 5.59. The molecule has 0 aliphatic carbocycles. The molecule has 0 saturated carbocycles. The molecule has 0 bridgehead atoms. The highest BCUT2D eigenvalue weighted by Crippen LogP contribution is 2.30. The average Bonchev–Trinajstić information content (AvgIpc) is 3.17. The predicted octanol–water partition coefficient (Wildman–Crippen LogP) is 2.45. The van der Waals surface area contributed by atoms with Gasteiger partial charge in [0.15, 0.2) is 10.8 Å². The van der Waals surface area contributed by atoms with E-state index in [1.54, 1.807) is 0 Å². The van der Waals surface area contributed by atoms with Gasteiger partial charge >= 0.3 is 0 Å². The molecule has 1 N–H and O–H groups in total. The van der Waals surface area contributed by atoms with Crippen molar-refractivity contribution in [3.8, 4) is 10.8 Å². The van der Waals surface area contributed by atoms with Crippen molar-refractivity contribution in [2.75, 3.05) is 20.1 Å². The second-order valence-electron chi connectivity index (χ2n) is 5.41. The molecule has 2 aromatic heterocycles. The minimum Gasteiger partial charge on any atom is -0.459 e. The number of aryl methyl sites for hydroxylation is 2. The molecule has 5 nitrogen and oxygen atoms in total. The van der Waals surface area contributed by atoms with E-state index in [1.807, 2.05) is 37.9 Å². The van der Waals surface area contributed by atoms with Gasteiger partial charge in [0, 0.05) is 19.6 Å². The van der Waals surface area contributed by atoms with Gasteiger partial charge in [0.25, 0.3) is 5.91 Å². The molecule has 1 atom stereocenters. The van der Waals surface area contributed by atoms with Gasteiger partial charge in [-0.25, -0.2) is 4.98 Å². The lowest BCUT2D eigenvalue weighted by Gasteiger charge is -2.23. The Labute approximate surface area is 128 Å². The van der Waals surface area contributed by atoms with E-state index in [2.05, 4.69) is 10.3 Å². The molecule has 1 saturated heterocycles. The molecule has 6 heteroatoms. The third-order valence-corrected chi connectivity index (χ3v) is 5.00. The van der Waals surface area contributed by atoms with E-state index in [4.69, 9.17) is 4.42 Å². The number of nitrogens with one attached hydrogen (secondary N) is 1. The molecular formula is C15H19N3O2S. The van der Waals surface area contributed by atoms with Crippen LogP contribution in [0.15, 0.2) is 16.5 Å². The Balaban J connectivity index is 1.85. The number of likely N-dealkylation sites (N-methyl/N-ethyl adjacent to an activating group) is 1. The summed E-state index contributed by atoms with van der Waals surface area (Å²) in [5.74, 6) is 1.62. The highest BCUT2D eigenvalue weighted by molar-refractivity contribution is 7.17. The van der Waals surface area contributed by atoms with Gasteiger partial charge in [0.05, 0.1) is 5.69 Å². The van der Waals surface area contributed by atoms with Gasteiger partial charge in [-0.15, -0.1) is 11.3 Å². The van der Waals surface area contributed by atoms with Gasteiger partial charge < -0.3 is 14.6 Å². The van der Waals surface area contributed by atoms with Gasteiger partial charge in [0.2, 0.25) is 0 Å². The lowest BCUT2D eigenvalue weighted by Crippen LogP contribution is -2.38. The first-order valence-electron chi connectivity index (χ1n) is 7.08. The first kappa shape index (κ1) is 14.3. The first-order chi connectivity index (χ1) is 10.1. The topological polar surface area (TPSA) is 58.4 Å². The van der Waals surface area contributed by atoms with Crippen molar-refractivity contribution < 1.29 is 9.21 Å². The minimum atomic E-state index is 0.0493. The number of furan rings is 1. The number of carbonyl (C=O) groups is 1. The largest absolute Gasteiger partial charge is 0.459 e. The number of hydrogen-bond acceptors (Lipinski definition) is 5. The van der Waals surface area contributed by atoms with E-state index in [9.17, 15) is 4.79 Å². The van der Waals surface area contributed by atoms with Crippen LogP contribution in [-0.4, -0.2) is 42.0 Å². The standard InChI is InChI=1S/C15H19N3O2S/c1-9-4-5-12(20-9)14-17-10(2)13(21-14)15(19)18(3)11-6-7-16-8-11/h4-5,11,16H,6-8H2,1-3H3. The molecule has 1 unspecified atom stereocenters. The maximum absolute atomic E-state index is 12.6. The summed E-state index contributed by atoms with van der Waals surface area (Å²) in [7, 11) is 1.87. The van der Waals surface area contributed by atoms with Crippen molar-refractivity contribution in [3.05, 3.63) is 28.5 Å². The Morgan fingerprint density at radius 1 is 1.48 bits per heavy atom. The van der Waals surface area contributed by atoms with Crippen molar-refractivity contribution in [1.82, 2.24) is 15.2 Å². The molecule has 2 aromatic rings. The third kappa shape index (κ3) is 2.73. The molecule has 1 aliphatic rings. The van der Waals surface area contributed by atoms with E-state index < -0.39 is 0 Å². The molecule has 1 aliphatic heterocycles. The Morgan fingerprint density at radius 3 is 2.90 bits per heavy atom. The lowest BCUT2D eigenvalue weighted by atomic mass is 10.2. The number of hydrogen-bond donors (Lipinski definition) is 1. The number of nitrogens with zero attached hydrogens (tertiary/aromatic N) is 2. The van der Waals surface area contributed by atoms with Crippen LogP contribution in [0.25, 0.3) is 10.8 Å². The van der Waals surface area contributed by atoms with E-state index in [-0.39, 0.29) is 11.9 Å². The SMILES string of the molecule is Cc1ccc(-c2nc(C)c(C(=O)N(C)C3CCNC3)s2)o1. The summed E-state index contributed by atoms with van der Waals surface area (Å²) in [4.78, 5) is 19.7. The highest BCUT2D eigenvalue weighted by atomic mass is 32.1. The van der Waals surface area contributed by atoms with Crippen LogP contribution in [0.4, 0.5) is 0 Å². The summed E-state index contributed by atoms with van der Waals surface area (Å²) in [5, 5.41) is 4.05. The quantitative estimate of drug-likeness (QED) is 0.946. The summed E-state index contributed by atoms with van der Waals surface area (Å²) in [6.07, 6.45) is 1.00. The molecule has 1 amide bonds. The molecule has 0 spiro atoms. The maximum atomic E-state index is 12.6. The summed E-state index contributed by atoms with van der Waals surface area (Å²) in [6.45, 7) is 5.62. The van der Waals surface area contributed by atoms with Gasteiger partial charge in [-0.2, -0.15) is 0 Å². The number of aromatic nitrogens is 1. The van der Waals surface area contributed by atoms with Crippen LogP contribution in [0.5, 0.6) is 0 Å². The molecule has 3 heterocycles. The van der Waals surface area contributed by atoms with E-state index >= 15 is 0 Å². The van der Waals surface area contributed by atoms with Crippen LogP contribution < -0.4 is 5.32 Å². The van der Waals surface area contributed by atoms with Crippen LogP contribution in [0.2, 0.25) is 0 Å². The smallest absolute Gasteiger partial charge is 0.265 e. The zero-order chi connectivity index (χ0) is 15.0. The van der Waals surface area contributed by atoms with Crippen molar-refractivity contribution >= 4 is 17.2 Å². The van der Waals surface area contributed by atoms with Crippen LogP contribution in [0.1, 0.15) is 27.5 Å². The van der Waals surface area contributed by atoms with Crippen LogP contribution in [-0.2, 0) is 0 Å². The summed E-state index contributed by atoms with van der Waals surface area (Å²) in [5.41, 5.74) is 0.770. The van der Waals surface area contributed by atoms with Crippen LogP contribution >= 0.6 is 11.3 Å². The van der Waals surface area contributed by atoms with E-state index in [0.717, 1.165) is 41.7 Å². The van der Waals surface area contributed by atoms with Crippen molar-refractivity contribution in [2.24, 2.45) is 0 Å². The Hall–Kier alpha value is -1.66. The number of amides is 1. The number of rotatable bonds is 3. The highest BCUT2D eigenvalue weighted by Gasteiger charge is 2.27. The second-order valence-corrected chi connectivity index (χ2v) is 6.41. The van der Waals surface area contributed by atoms with Gasteiger partial charge in [0.1, 0.15) is 10.6 Å². The van der Waals surface area contributed by atoms with Crippen molar-refractivity contribution in [1.29, 1.82) is 0 Å². The monoisotopic (exact) mass is 305 g/mol. The molecule has 21 heavy (non-hydrogen) atoms. The normalized spacial score (nSPS) is 18.1. The molecule has 0 radical (unpaired) electrons. The van der Waals surface area contributed by atoms with Gasteiger partial charge in [-0.3, -0.25) is 4.79 Å². The zero-order valence-electron chi connectivity index (χ0n) is 12.5. The van der Waals surface area contributed by atoms with E-state index in [1.165, 1.54) is 11.3 Å². The maximum Gasteiger partial charge on any atom is 0.265 e. The second kappa shape index (κ2) is 5.61. The molecule has 1 fully saturated rings. The fourth-order valence-corrected chi connectivity index (χ4v) is 3.56. The summed E-state index contributed by atoms with van der Waals surface area (Å²) >= 11 is 1.40. The molecular weight excluding hydrogens is 286 g/mol. The average molecular weight is 305 g/mol. The summed E-state index contributed by atoms with van der Waals surface area (Å²) in [6, 6.07) is 4.07. The molecule has 0 aromatic carbocycles. The predicted molar refractivity (Wildman–Crippen MR) is 82.7 cm³/mol. The van der Waals surface area contributed by atoms with Crippen molar-refractivity contribution in [2.45, 2.75) is 26.3 Å². The van der Waals surface area contributed by atoms with Crippen molar-refractivity contribution in [3.63, 3.8) is 0 Å². The third-order valence-electron chi connectivity index (χ3n) is 3.84. The van der Waals surface area contributed by atoms with Crippen LogP contribution in [0, 0.1) is 13.8 Å². The van der Waals surface area contributed by atoms with E-state index in [0.29, 0.717) is 4.88 Å². The van der Waals surface area contributed by atoms with Crippen LogP contribution in [0.3, 0.4) is 0 Å². The van der Waals surface area contributed by atoms with Gasteiger partial charge in [-0.05, 0) is 38.9 Å². The lowest BCUT2D eigenvalue weighted by molar-refractivity contribution is 0.0747. The molecule has 112 valence electrons. The zero-order valence-corrected chi connectivity index (χ0v) is 13.3. The fraction of sp³-hybridized carbons (Fsp3) is 0.467. The Morgan fingerprint density at radius 2 is 2.29 bits per heavy atom. The Kier molecular flexibility index (Phi) is 3.82.